The Balaban J connectivity index is 1.79. The van der Waals surface area contributed by atoms with Crippen molar-refractivity contribution in [3.8, 4) is 0 Å². The molecule has 0 radical (unpaired) electrons. The molecule has 3 heteroatoms. The van der Waals surface area contributed by atoms with Gasteiger partial charge in [0.1, 0.15) is 0 Å². The maximum atomic E-state index is 10.8. The van der Waals surface area contributed by atoms with E-state index in [0.717, 1.165) is 25.8 Å². The SMILES string of the molecule is Cc1ccc(CCN(C)C2CC(C(=O)O)C2)cc1C. The van der Waals surface area contributed by atoms with Gasteiger partial charge in [0.25, 0.3) is 0 Å². The van der Waals surface area contributed by atoms with Crippen LogP contribution < -0.4 is 0 Å². The molecule has 1 aliphatic carbocycles. The minimum absolute atomic E-state index is 0.117. The van der Waals surface area contributed by atoms with Crippen molar-refractivity contribution in [2.75, 3.05) is 13.6 Å². The number of aliphatic carboxylic acids is 1. The maximum Gasteiger partial charge on any atom is 0.306 e. The Labute approximate surface area is 115 Å². The Hall–Kier alpha value is -1.35. The molecule has 0 heterocycles. The van der Waals surface area contributed by atoms with Crippen LogP contribution in [-0.4, -0.2) is 35.6 Å². The summed E-state index contributed by atoms with van der Waals surface area (Å²) in [6.45, 7) is 5.27. The van der Waals surface area contributed by atoms with Gasteiger partial charge in [-0.2, -0.15) is 0 Å². The summed E-state index contributed by atoms with van der Waals surface area (Å²) in [6, 6.07) is 7.07. The third-order valence-corrected chi connectivity index (χ3v) is 4.41. The van der Waals surface area contributed by atoms with Gasteiger partial charge in [-0.05, 0) is 56.8 Å². The van der Waals surface area contributed by atoms with Crippen LogP contribution in [0.3, 0.4) is 0 Å². The number of carboxylic acid groups (broad SMARTS) is 1. The fourth-order valence-corrected chi connectivity index (χ4v) is 2.60. The van der Waals surface area contributed by atoms with E-state index in [1.54, 1.807) is 0 Å². The van der Waals surface area contributed by atoms with Gasteiger partial charge in [0.15, 0.2) is 0 Å². The minimum atomic E-state index is -0.640. The molecule has 2 rings (SSSR count). The standard InChI is InChI=1S/C16H23NO2/c1-11-4-5-13(8-12(11)2)6-7-17(3)15-9-14(10-15)16(18)19/h4-5,8,14-15H,6-7,9-10H2,1-3H3,(H,18,19). The number of hydrogen-bond donors (Lipinski definition) is 1. The van der Waals surface area contributed by atoms with Gasteiger partial charge in [0, 0.05) is 12.6 Å². The van der Waals surface area contributed by atoms with Crippen LogP contribution in [0.5, 0.6) is 0 Å². The number of carboxylic acids is 1. The van der Waals surface area contributed by atoms with Crippen molar-refractivity contribution in [3.05, 3.63) is 34.9 Å². The molecule has 1 fully saturated rings. The molecule has 0 spiro atoms. The van der Waals surface area contributed by atoms with Gasteiger partial charge in [0.05, 0.1) is 5.92 Å². The summed E-state index contributed by atoms with van der Waals surface area (Å²) in [5, 5.41) is 8.88. The number of nitrogens with zero attached hydrogens (tertiary/aromatic N) is 1. The Kier molecular flexibility index (Phi) is 4.25. The van der Waals surface area contributed by atoms with E-state index < -0.39 is 5.97 Å². The lowest BCUT2D eigenvalue weighted by molar-refractivity contribution is -0.146. The van der Waals surface area contributed by atoms with Crippen LogP contribution in [0.2, 0.25) is 0 Å². The first-order valence-electron chi connectivity index (χ1n) is 6.96. The van der Waals surface area contributed by atoms with Gasteiger partial charge < -0.3 is 10.0 Å². The van der Waals surface area contributed by atoms with E-state index in [-0.39, 0.29) is 5.92 Å². The Morgan fingerprint density at radius 1 is 1.32 bits per heavy atom. The van der Waals surface area contributed by atoms with Crippen molar-refractivity contribution in [2.24, 2.45) is 5.92 Å². The number of likely N-dealkylation sites (N-methyl/N-ethyl adjacent to an activating group) is 1. The molecule has 0 bridgehead atoms. The third-order valence-electron chi connectivity index (χ3n) is 4.41. The highest BCUT2D eigenvalue weighted by atomic mass is 16.4. The molecule has 0 aromatic heterocycles. The third kappa shape index (κ3) is 3.35. The highest BCUT2D eigenvalue weighted by Crippen LogP contribution is 2.31. The highest BCUT2D eigenvalue weighted by Gasteiger charge is 2.36. The average Bonchev–Trinajstić information content (AvgIpc) is 2.28. The first-order valence-corrected chi connectivity index (χ1v) is 6.96. The lowest BCUT2D eigenvalue weighted by Gasteiger charge is -2.39. The lowest BCUT2D eigenvalue weighted by atomic mass is 9.79. The fraction of sp³-hybridized carbons (Fsp3) is 0.562. The normalized spacial score (nSPS) is 22.3. The van der Waals surface area contributed by atoms with E-state index in [1.165, 1.54) is 16.7 Å². The average molecular weight is 261 g/mol. The van der Waals surface area contributed by atoms with Crippen molar-refractivity contribution in [3.63, 3.8) is 0 Å². The molecular formula is C16H23NO2. The van der Waals surface area contributed by atoms with Crippen LogP contribution in [0.15, 0.2) is 18.2 Å². The van der Waals surface area contributed by atoms with Gasteiger partial charge in [-0.1, -0.05) is 18.2 Å². The van der Waals surface area contributed by atoms with Crippen LogP contribution in [0.1, 0.15) is 29.5 Å². The molecule has 0 unspecified atom stereocenters. The van der Waals surface area contributed by atoms with E-state index in [2.05, 4.69) is 44.0 Å². The molecule has 19 heavy (non-hydrogen) atoms. The van der Waals surface area contributed by atoms with E-state index in [9.17, 15) is 4.79 Å². The molecule has 0 saturated heterocycles. The molecule has 1 aromatic rings. The number of carbonyl (C=O) groups is 1. The zero-order valence-electron chi connectivity index (χ0n) is 12.0. The summed E-state index contributed by atoms with van der Waals surface area (Å²) in [4.78, 5) is 13.1. The summed E-state index contributed by atoms with van der Waals surface area (Å²) in [5.41, 5.74) is 4.04. The number of aryl methyl sites for hydroxylation is 2. The summed E-state index contributed by atoms with van der Waals surface area (Å²) < 4.78 is 0. The van der Waals surface area contributed by atoms with Crippen molar-refractivity contribution in [1.82, 2.24) is 4.90 Å². The summed E-state index contributed by atoms with van der Waals surface area (Å²) >= 11 is 0. The molecule has 0 amide bonds. The largest absolute Gasteiger partial charge is 0.481 e. The van der Waals surface area contributed by atoms with Crippen molar-refractivity contribution in [1.29, 1.82) is 0 Å². The number of hydrogen-bond acceptors (Lipinski definition) is 2. The predicted molar refractivity (Wildman–Crippen MR) is 76.4 cm³/mol. The van der Waals surface area contributed by atoms with Crippen LogP contribution in [-0.2, 0) is 11.2 Å². The Morgan fingerprint density at radius 2 is 2.00 bits per heavy atom. The first kappa shape index (κ1) is 14.1. The molecule has 0 aliphatic heterocycles. The molecule has 1 saturated carbocycles. The topological polar surface area (TPSA) is 40.5 Å². The highest BCUT2D eigenvalue weighted by molar-refractivity contribution is 5.71. The first-order chi connectivity index (χ1) is 8.97. The van der Waals surface area contributed by atoms with Gasteiger partial charge in [-0.25, -0.2) is 0 Å². The van der Waals surface area contributed by atoms with Gasteiger partial charge >= 0.3 is 5.97 Å². The van der Waals surface area contributed by atoms with Crippen molar-refractivity contribution >= 4 is 5.97 Å². The molecule has 1 aliphatic rings. The van der Waals surface area contributed by atoms with E-state index >= 15 is 0 Å². The second-order valence-corrected chi connectivity index (χ2v) is 5.81. The Morgan fingerprint density at radius 3 is 2.58 bits per heavy atom. The molecule has 3 nitrogen and oxygen atoms in total. The number of rotatable bonds is 5. The summed E-state index contributed by atoms with van der Waals surface area (Å²) in [6.07, 6.45) is 2.64. The maximum absolute atomic E-state index is 10.8. The van der Waals surface area contributed by atoms with Crippen LogP contribution in [0.25, 0.3) is 0 Å². The molecule has 0 atom stereocenters. The van der Waals surface area contributed by atoms with Crippen molar-refractivity contribution in [2.45, 2.75) is 39.2 Å². The van der Waals surface area contributed by atoms with E-state index in [1.807, 2.05) is 0 Å². The zero-order valence-corrected chi connectivity index (χ0v) is 12.0. The van der Waals surface area contributed by atoms with Crippen LogP contribution in [0, 0.1) is 19.8 Å². The van der Waals surface area contributed by atoms with Gasteiger partial charge in [-0.3, -0.25) is 4.79 Å². The molecule has 104 valence electrons. The molecule has 1 aromatic carbocycles. The van der Waals surface area contributed by atoms with Gasteiger partial charge in [-0.15, -0.1) is 0 Å². The van der Waals surface area contributed by atoms with E-state index in [0.29, 0.717) is 6.04 Å². The van der Waals surface area contributed by atoms with Gasteiger partial charge in [0.2, 0.25) is 0 Å². The lowest BCUT2D eigenvalue weighted by Crippen LogP contribution is -2.45. The van der Waals surface area contributed by atoms with E-state index in [4.69, 9.17) is 5.11 Å². The Bertz CT molecular complexity index is 464. The summed E-state index contributed by atoms with van der Waals surface area (Å²) in [5.74, 6) is -0.757. The monoisotopic (exact) mass is 261 g/mol. The minimum Gasteiger partial charge on any atom is -0.481 e. The second-order valence-electron chi connectivity index (χ2n) is 5.81. The second kappa shape index (κ2) is 5.74. The zero-order chi connectivity index (χ0) is 14.0. The quantitative estimate of drug-likeness (QED) is 0.886. The molecule has 1 N–H and O–H groups in total. The fourth-order valence-electron chi connectivity index (χ4n) is 2.60. The van der Waals surface area contributed by atoms with Crippen LogP contribution >= 0.6 is 0 Å². The molecular weight excluding hydrogens is 238 g/mol. The predicted octanol–water partition coefficient (Wildman–Crippen LogP) is 2.64. The summed E-state index contributed by atoms with van der Waals surface area (Å²) in [7, 11) is 2.10. The number of benzene rings is 1. The van der Waals surface area contributed by atoms with Crippen LogP contribution in [0.4, 0.5) is 0 Å². The smallest absolute Gasteiger partial charge is 0.306 e. The van der Waals surface area contributed by atoms with Crippen molar-refractivity contribution < 1.29 is 9.90 Å².